The van der Waals surface area contributed by atoms with E-state index in [2.05, 4.69) is 36.6 Å². The summed E-state index contributed by atoms with van der Waals surface area (Å²) in [6.45, 7) is 1.88. The minimum Gasteiger partial charge on any atom is -0.477 e. The molecule has 4 aliphatic heterocycles. The maximum atomic E-state index is 13.6. The van der Waals surface area contributed by atoms with Crippen LogP contribution in [-0.4, -0.2) is 262 Å². The molecule has 4 aliphatic rings. The van der Waals surface area contributed by atoms with Crippen LogP contribution in [0.2, 0.25) is 0 Å². The third kappa shape index (κ3) is 27.6. The van der Waals surface area contributed by atoms with Crippen LogP contribution in [0.1, 0.15) is 207 Å². The van der Waals surface area contributed by atoms with Crippen LogP contribution < -0.4 is 10.6 Å². The zero-order chi connectivity index (χ0) is 70.7. The van der Waals surface area contributed by atoms with Gasteiger partial charge in [0.15, 0.2) is 18.9 Å². The maximum absolute atomic E-state index is 13.6. The van der Waals surface area contributed by atoms with E-state index in [0.717, 1.165) is 90.9 Å². The molecule has 0 aliphatic carbocycles. The number of hydrogen-bond acceptors (Lipinski definition) is 25. The van der Waals surface area contributed by atoms with Crippen molar-refractivity contribution in [3.63, 3.8) is 0 Å². The van der Waals surface area contributed by atoms with E-state index in [-0.39, 0.29) is 12.3 Å². The van der Waals surface area contributed by atoms with E-state index >= 15 is 0 Å². The summed E-state index contributed by atoms with van der Waals surface area (Å²) in [7, 11) is 0. The number of carbonyl (C=O) groups excluding carboxylic acids is 3. The van der Waals surface area contributed by atoms with Gasteiger partial charge in [-0.25, -0.2) is 4.79 Å². The number of carboxylic acid groups (broad SMARTS) is 1. The number of amides is 2. The van der Waals surface area contributed by atoms with Crippen LogP contribution >= 0.6 is 0 Å². The van der Waals surface area contributed by atoms with Crippen molar-refractivity contribution in [2.75, 3.05) is 33.0 Å². The number of carboxylic acids is 1. The van der Waals surface area contributed by atoms with E-state index < -0.39 is 204 Å². The normalized spacial score (nSPS) is 32.5. The van der Waals surface area contributed by atoms with E-state index in [1.807, 2.05) is 6.08 Å². The number of aliphatic hydroxyl groups excluding tert-OH is 13. The molecule has 0 bridgehead atoms. The lowest BCUT2D eigenvalue weighted by atomic mass is 9.87. The fourth-order valence-electron chi connectivity index (χ4n) is 12.8. The summed E-state index contributed by atoms with van der Waals surface area (Å²) in [6, 6.07) is -2.79. The lowest BCUT2D eigenvalue weighted by Crippen LogP contribution is -2.71. The molecular formula is C68H120N2O26. The molecule has 28 nitrogen and oxygen atoms in total. The monoisotopic (exact) mass is 1380 g/mol. The maximum Gasteiger partial charge on any atom is 0.364 e. The molecule has 1 unspecified atom stereocenters. The van der Waals surface area contributed by atoms with Crippen molar-refractivity contribution < 1.29 is 129 Å². The molecule has 558 valence electrons. The van der Waals surface area contributed by atoms with Gasteiger partial charge in [-0.05, 0) is 51.9 Å². The Labute approximate surface area is 566 Å². The first-order chi connectivity index (χ1) is 46.0. The highest BCUT2D eigenvalue weighted by molar-refractivity contribution is 5.77. The topological polar surface area (TPSA) is 449 Å². The van der Waals surface area contributed by atoms with E-state index in [9.17, 15) is 90.7 Å². The summed E-state index contributed by atoms with van der Waals surface area (Å²) in [5.41, 5.74) is 0. The van der Waals surface area contributed by atoms with Crippen molar-refractivity contribution >= 4 is 23.6 Å². The van der Waals surface area contributed by atoms with Crippen LogP contribution in [0, 0.1) is 5.92 Å². The second-order valence-corrected chi connectivity index (χ2v) is 26.4. The Balaban J connectivity index is 1.55. The molecule has 2 amide bonds. The number of hydrogen-bond donors (Lipinski definition) is 16. The Kier molecular flexibility index (Phi) is 41.0. The smallest absolute Gasteiger partial charge is 0.364 e. The van der Waals surface area contributed by atoms with Gasteiger partial charge in [0.05, 0.1) is 63.4 Å². The van der Waals surface area contributed by atoms with Crippen molar-refractivity contribution in [1.82, 2.24) is 10.6 Å². The van der Waals surface area contributed by atoms with Crippen LogP contribution in [0.4, 0.5) is 0 Å². The number of nitrogens with one attached hydrogen (secondary N) is 2. The van der Waals surface area contributed by atoms with Gasteiger partial charge in [-0.3, -0.25) is 9.59 Å². The lowest BCUT2D eigenvalue weighted by molar-refractivity contribution is -0.403. The summed E-state index contributed by atoms with van der Waals surface area (Å²) in [6.07, 6.45) is -3.48. The average molecular weight is 1380 g/mol. The molecule has 4 rings (SSSR count). The lowest BCUT2D eigenvalue weighted by Gasteiger charge is -2.52. The zero-order valence-electron chi connectivity index (χ0n) is 57.0. The minimum atomic E-state index is -3.26. The van der Waals surface area contributed by atoms with Gasteiger partial charge in [0, 0.05) is 32.1 Å². The Morgan fingerprint density at radius 2 is 1.07 bits per heavy atom. The molecule has 96 heavy (non-hydrogen) atoms. The Morgan fingerprint density at radius 3 is 1.60 bits per heavy atom. The molecule has 0 aromatic heterocycles. The molecule has 0 saturated carbocycles. The molecule has 0 radical (unpaired) electrons. The summed E-state index contributed by atoms with van der Waals surface area (Å²) < 4.78 is 48.1. The first-order valence-corrected chi connectivity index (χ1v) is 35.4. The van der Waals surface area contributed by atoms with Crippen LogP contribution in [-0.2, 0) is 57.1 Å². The highest BCUT2D eigenvalue weighted by Crippen LogP contribution is 2.41. The number of aliphatic carboxylic acids is 1. The second-order valence-electron chi connectivity index (χ2n) is 26.4. The zero-order valence-corrected chi connectivity index (χ0v) is 57.0. The highest BCUT2D eigenvalue weighted by atomic mass is 16.8. The van der Waals surface area contributed by atoms with Crippen molar-refractivity contribution in [2.45, 2.75) is 342 Å². The minimum absolute atomic E-state index is 0.155. The molecule has 0 aromatic rings. The Hall–Kier alpha value is -3.28. The number of rotatable bonds is 49. The first-order valence-electron chi connectivity index (χ1n) is 35.4. The van der Waals surface area contributed by atoms with Crippen LogP contribution in [0.15, 0.2) is 24.3 Å². The van der Waals surface area contributed by atoms with Gasteiger partial charge in [-0.15, -0.1) is 0 Å². The quantitative estimate of drug-likeness (QED) is 0.0306. The number of aliphatic hydroxyl groups is 13. The fourth-order valence-corrected chi connectivity index (χ4v) is 12.8. The highest BCUT2D eigenvalue weighted by Gasteiger charge is 2.61. The Morgan fingerprint density at radius 1 is 0.573 bits per heavy atom. The van der Waals surface area contributed by atoms with E-state index in [1.165, 1.54) is 70.6 Å². The third-order valence-corrected chi connectivity index (χ3v) is 18.4. The van der Waals surface area contributed by atoms with E-state index in [0.29, 0.717) is 12.8 Å². The number of unbranched alkanes of at least 4 members (excludes halogenated alkanes) is 22. The average Bonchev–Trinajstić information content (AvgIpc) is 0.752. The van der Waals surface area contributed by atoms with Crippen LogP contribution in [0.5, 0.6) is 0 Å². The van der Waals surface area contributed by atoms with Gasteiger partial charge in [0.1, 0.15) is 85.1 Å². The van der Waals surface area contributed by atoms with Gasteiger partial charge >= 0.3 is 5.97 Å². The van der Waals surface area contributed by atoms with E-state index in [1.54, 1.807) is 6.08 Å². The molecule has 28 heteroatoms. The summed E-state index contributed by atoms with van der Waals surface area (Å²) >= 11 is 0. The fraction of sp³-hybridized carbons (Fsp3) is 0.882. The summed E-state index contributed by atoms with van der Waals surface area (Å²) in [5, 5.41) is 161. The number of Topliss-reactive ketones (excluding diaryl/α,β-unsaturated/α-hetero) is 1. The molecule has 4 fully saturated rings. The molecular weight excluding hydrogens is 1260 g/mol. The number of carbonyl (C=O) groups is 4. The SMILES string of the molecule is CCCCCCC=CCCCCCCCCCC(=O)N[C@@H](CO[C@@H]1O[C@H](CO)[C@@H](O[C@@H]2O[C@H](CO)[C@H](O[C@@H]3O[C@H](CO)[C@H](O)[C@H](O)[C@H]3CC(C)=O)[C@H](O[C@]3(C(=O)O)C[C@H](O)[C@@H](NC(C)=O)C([C@H](O)[C@H](O)CO)O3)[C@H]2O)[C@H](O)[C@H]1O)[C@H](O)C=CCCCCCCCCCCCCC. The standard InChI is InChI=1S/C68H120N2O26/c1-5-7-9-11-13-15-17-19-20-22-24-26-28-30-32-34-52(80)70-45(46(77)33-31-29-27-25-23-21-18-16-14-12-10-8-6-2)41-89-65-58(85)57(84)60(50(39-73)91-65)93-66-59(86)63(61(51(40-74)92-66)94-64-44(35-42(3)75)54(81)56(83)49(38-72)90-64)96-68(67(87)88)36-47(78)53(69-43(4)76)62(95-68)55(82)48(79)37-71/h15,17,31,33,44-51,53-66,71-74,77-79,81-86H,5-14,16,18-30,32,34-41H2,1-4H3,(H,69,76)(H,70,80)(H,87,88)/t44-,45+,46-,47+,48-,49-,50-,51-,53-,54-,55-,56+,57-,58-,59-,60-,61+,62?,63-,64+,65-,66+,68+/m1/s1. The van der Waals surface area contributed by atoms with E-state index in [4.69, 9.17) is 37.9 Å². The first kappa shape index (κ1) is 85.1. The predicted octanol–water partition coefficient (Wildman–Crippen LogP) is 2.00. The molecule has 4 heterocycles. The molecule has 0 aromatic carbocycles. The summed E-state index contributed by atoms with van der Waals surface area (Å²) in [5.74, 6) is -8.56. The third-order valence-electron chi connectivity index (χ3n) is 18.4. The molecule has 0 spiro atoms. The van der Waals surface area contributed by atoms with Crippen molar-refractivity contribution in [1.29, 1.82) is 0 Å². The number of ketones is 1. The van der Waals surface area contributed by atoms with Crippen molar-refractivity contribution in [2.24, 2.45) is 5.92 Å². The largest absolute Gasteiger partial charge is 0.477 e. The van der Waals surface area contributed by atoms with Crippen molar-refractivity contribution in [3.8, 4) is 0 Å². The number of allylic oxidation sites excluding steroid dienone is 3. The second kappa shape index (κ2) is 46.3. The number of ether oxygens (including phenoxy) is 8. The molecule has 23 atom stereocenters. The Bertz CT molecular complexity index is 2220. The van der Waals surface area contributed by atoms with Crippen LogP contribution in [0.25, 0.3) is 0 Å². The van der Waals surface area contributed by atoms with Gasteiger partial charge in [-0.1, -0.05) is 154 Å². The summed E-state index contributed by atoms with van der Waals surface area (Å²) in [4.78, 5) is 52.0. The van der Waals surface area contributed by atoms with Gasteiger partial charge < -0.3 is 125 Å². The molecule has 4 saturated heterocycles. The molecule has 16 N–H and O–H groups in total. The van der Waals surface area contributed by atoms with Crippen molar-refractivity contribution in [3.05, 3.63) is 24.3 Å². The van der Waals surface area contributed by atoms with Gasteiger partial charge in [-0.2, -0.15) is 0 Å². The predicted molar refractivity (Wildman–Crippen MR) is 347 cm³/mol. The van der Waals surface area contributed by atoms with Gasteiger partial charge in [0.25, 0.3) is 5.79 Å². The van der Waals surface area contributed by atoms with Gasteiger partial charge in [0.2, 0.25) is 11.8 Å². The van der Waals surface area contributed by atoms with Crippen LogP contribution in [0.3, 0.4) is 0 Å².